The van der Waals surface area contributed by atoms with E-state index < -0.39 is 0 Å². The van der Waals surface area contributed by atoms with Crippen molar-refractivity contribution in [2.24, 2.45) is 0 Å². The van der Waals surface area contributed by atoms with Crippen molar-refractivity contribution in [3.63, 3.8) is 0 Å². The molecule has 0 saturated carbocycles. The lowest BCUT2D eigenvalue weighted by atomic mass is 9.96. The molecule has 21 heavy (non-hydrogen) atoms. The first-order valence-electron chi connectivity index (χ1n) is 7.71. The second-order valence-electron chi connectivity index (χ2n) is 5.46. The fourth-order valence-electron chi connectivity index (χ4n) is 2.62. The highest BCUT2D eigenvalue weighted by Crippen LogP contribution is 2.23. The second-order valence-corrected chi connectivity index (χ2v) is 5.46. The summed E-state index contributed by atoms with van der Waals surface area (Å²) in [5.41, 5.74) is 4.03. The zero-order chi connectivity index (χ0) is 15.2. The first-order chi connectivity index (χ1) is 10.2. The van der Waals surface area contributed by atoms with Crippen LogP contribution in [0.15, 0.2) is 42.5 Å². The first-order valence-corrected chi connectivity index (χ1v) is 7.71. The molecule has 0 aliphatic rings. The van der Waals surface area contributed by atoms with Crippen LogP contribution >= 0.6 is 0 Å². The Kier molecular flexibility index (Phi) is 5.51. The molecule has 112 valence electrons. The van der Waals surface area contributed by atoms with Crippen molar-refractivity contribution in [1.29, 1.82) is 0 Å². The van der Waals surface area contributed by atoms with Crippen molar-refractivity contribution in [2.75, 3.05) is 6.54 Å². The van der Waals surface area contributed by atoms with Gasteiger partial charge in [-0.2, -0.15) is 0 Å². The van der Waals surface area contributed by atoms with Crippen molar-refractivity contribution in [3.05, 3.63) is 70.5 Å². The van der Waals surface area contributed by atoms with Crippen LogP contribution in [0, 0.1) is 12.7 Å². The molecule has 2 aromatic rings. The van der Waals surface area contributed by atoms with Gasteiger partial charge in [-0.15, -0.1) is 0 Å². The summed E-state index contributed by atoms with van der Waals surface area (Å²) in [5.74, 6) is -0.0892. The molecule has 2 rings (SSSR count). The quantitative estimate of drug-likeness (QED) is 0.818. The van der Waals surface area contributed by atoms with Crippen molar-refractivity contribution < 1.29 is 4.39 Å². The maximum absolute atomic E-state index is 14.4. The second kappa shape index (κ2) is 7.37. The fourth-order valence-corrected chi connectivity index (χ4v) is 2.62. The average molecular weight is 285 g/mol. The molecule has 0 bridgehead atoms. The van der Waals surface area contributed by atoms with E-state index in [0.717, 1.165) is 24.9 Å². The maximum Gasteiger partial charge on any atom is 0.130 e. The van der Waals surface area contributed by atoms with Crippen LogP contribution in [-0.4, -0.2) is 6.54 Å². The van der Waals surface area contributed by atoms with Crippen molar-refractivity contribution >= 4 is 0 Å². The Morgan fingerprint density at radius 2 is 1.67 bits per heavy atom. The Morgan fingerprint density at radius 1 is 1.00 bits per heavy atom. The minimum absolute atomic E-state index is 0.0161. The summed E-state index contributed by atoms with van der Waals surface area (Å²) >= 11 is 0. The highest BCUT2D eigenvalue weighted by molar-refractivity contribution is 5.30. The zero-order valence-corrected chi connectivity index (χ0v) is 13.1. The molecule has 0 aromatic heterocycles. The highest BCUT2D eigenvalue weighted by Gasteiger charge is 2.16. The van der Waals surface area contributed by atoms with Crippen molar-refractivity contribution in [3.8, 4) is 0 Å². The predicted molar refractivity (Wildman–Crippen MR) is 87.1 cm³/mol. The van der Waals surface area contributed by atoms with Gasteiger partial charge >= 0.3 is 0 Å². The minimum atomic E-state index is -0.0892. The van der Waals surface area contributed by atoms with E-state index in [1.54, 1.807) is 0 Å². The normalized spacial score (nSPS) is 12.4. The molecule has 0 heterocycles. The molecule has 0 saturated heterocycles. The van der Waals surface area contributed by atoms with Crippen LogP contribution in [0.4, 0.5) is 4.39 Å². The summed E-state index contributed by atoms with van der Waals surface area (Å²) in [6.45, 7) is 6.85. The van der Waals surface area contributed by atoms with Crippen LogP contribution in [0.5, 0.6) is 0 Å². The molecule has 2 aromatic carbocycles. The molecule has 1 nitrogen and oxygen atoms in total. The van der Waals surface area contributed by atoms with Gasteiger partial charge < -0.3 is 5.32 Å². The summed E-state index contributed by atoms with van der Waals surface area (Å²) in [6, 6.07) is 14.3. The molecule has 1 atom stereocenters. The van der Waals surface area contributed by atoms with Crippen molar-refractivity contribution in [2.45, 2.75) is 39.7 Å². The summed E-state index contributed by atoms with van der Waals surface area (Å²) in [6.07, 6.45) is 1.85. The van der Waals surface area contributed by atoms with Gasteiger partial charge in [-0.3, -0.25) is 0 Å². The van der Waals surface area contributed by atoms with E-state index in [9.17, 15) is 4.39 Å². The number of hydrogen-bond donors (Lipinski definition) is 1. The van der Waals surface area contributed by atoms with E-state index in [0.29, 0.717) is 5.56 Å². The number of benzene rings is 2. The third-order valence-electron chi connectivity index (χ3n) is 3.92. The molecule has 1 N–H and O–H groups in total. The molecule has 0 aliphatic carbocycles. The molecule has 0 radical (unpaired) electrons. The predicted octanol–water partition coefficient (Wildman–Crippen LogP) is 4.59. The van der Waals surface area contributed by atoms with Crippen LogP contribution in [0.3, 0.4) is 0 Å². The Balaban J connectivity index is 2.24. The molecule has 1 unspecified atom stereocenters. The van der Waals surface area contributed by atoms with Crippen LogP contribution in [0.2, 0.25) is 0 Å². The minimum Gasteiger partial charge on any atom is -0.310 e. The van der Waals surface area contributed by atoms with Gasteiger partial charge in [-0.1, -0.05) is 56.3 Å². The lowest BCUT2D eigenvalue weighted by Gasteiger charge is -2.20. The van der Waals surface area contributed by atoms with E-state index in [2.05, 4.69) is 43.4 Å². The van der Waals surface area contributed by atoms with E-state index in [1.807, 2.05) is 25.1 Å². The molecule has 0 amide bonds. The van der Waals surface area contributed by atoms with Gasteiger partial charge in [0.2, 0.25) is 0 Å². The van der Waals surface area contributed by atoms with E-state index >= 15 is 0 Å². The standard InChI is InChI=1S/C19H24FN/c1-4-15-9-11-16(12-10-15)13-18(21-5-2)17-8-6-7-14(3)19(17)20/h6-12,18,21H,4-5,13H2,1-3H3. The SMILES string of the molecule is CCNC(Cc1ccc(CC)cc1)c1cccc(C)c1F. The summed E-state index contributed by atoms with van der Waals surface area (Å²) in [7, 11) is 0. The summed E-state index contributed by atoms with van der Waals surface area (Å²) < 4.78 is 14.4. The van der Waals surface area contributed by atoms with Crippen LogP contribution < -0.4 is 5.32 Å². The number of hydrogen-bond acceptors (Lipinski definition) is 1. The Bertz CT molecular complexity index is 575. The lowest BCUT2D eigenvalue weighted by molar-refractivity contribution is 0.507. The topological polar surface area (TPSA) is 12.0 Å². The van der Waals surface area contributed by atoms with Gasteiger partial charge in [0.15, 0.2) is 0 Å². The van der Waals surface area contributed by atoms with Gasteiger partial charge in [0.05, 0.1) is 0 Å². The molecular formula is C19H24FN. The number of likely N-dealkylation sites (N-methyl/N-ethyl adjacent to an activating group) is 1. The monoisotopic (exact) mass is 285 g/mol. The van der Waals surface area contributed by atoms with Gasteiger partial charge in [0.1, 0.15) is 5.82 Å². The first kappa shape index (κ1) is 15.7. The van der Waals surface area contributed by atoms with E-state index in [1.165, 1.54) is 11.1 Å². The molecule has 2 heteroatoms. The highest BCUT2D eigenvalue weighted by atomic mass is 19.1. The van der Waals surface area contributed by atoms with Crippen LogP contribution in [0.1, 0.15) is 42.1 Å². The molecule has 0 fully saturated rings. The van der Waals surface area contributed by atoms with Crippen LogP contribution in [-0.2, 0) is 12.8 Å². The smallest absolute Gasteiger partial charge is 0.130 e. The molecule has 0 spiro atoms. The van der Waals surface area contributed by atoms with E-state index in [4.69, 9.17) is 0 Å². The van der Waals surface area contributed by atoms with Gasteiger partial charge in [-0.25, -0.2) is 4.39 Å². The Hall–Kier alpha value is -1.67. The third-order valence-corrected chi connectivity index (χ3v) is 3.92. The Morgan fingerprint density at radius 3 is 2.29 bits per heavy atom. The summed E-state index contributed by atoms with van der Waals surface area (Å²) in [5, 5.41) is 3.40. The number of rotatable bonds is 6. The molecular weight excluding hydrogens is 261 g/mol. The Labute approximate surface area is 127 Å². The number of nitrogens with one attached hydrogen (secondary N) is 1. The van der Waals surface area contributed by atoms with E-state index in [-0.39, 0.29) is 11.9 Å². The zero-order valence-electron chi connectivity index (χ0n) is 13.1. The van der Waals surface area contributed by atoms with Gasteiger partial charge in [-0.05, 0) is 43.0 Å². The van der Waals surface area contributed by atoms with Gasteiger partial charge in [0.25, 0.3) is 0 Å². The number of halogens is 1. The third kappa shape index (κ3) is 3.92. The maximum atomic E-state index is 14.4. The number of aryl methyl sites for hydroxylation is 2. The average Bonchev–Trinajstić information content (AvgIpc) is 2.50. The fraction of sp³-hybridized carbons (Fsp3) is 0.368. The van der Waals surface area contributed by atoms with Crippen LogP contribution in [0.25, 0.3) is 0 Å². The van der Waals surface area contributed by atoms with Gasteiger partial charge in [0, 0.05) is 11.6 Å². The largest absolute Gasteiger partial charge is 0.310 e. The van der Waals surface area contributed by atoms with Crippen molar-refractivity contribution in [1.82, 2.24) is 5.32 Å². The lowest BCUT2D eigenvalue weighted by Crippen LogP contribution is -2.24. The summed E-state index contributed by atoms with van der Waals surface area (Å²) in [4.78, 5) is 0. The molecule has 0 aliphatic heterocycles.